The van der Waals surface area contributed by atoms with E-state index in [9.17, 15) is 25.3 Å². The van der Waals surface area contributed by atoms with Gasteiger partial charge in [0.05, 0.1) is 21.2 Å². The van der Waals surface area contributed by atoms with E-state index in [1.807, 2.05) is 77.9 Å². The molecule has 0 aliphatic carbocycles. The first kappa shape index (κ1) is 59.9. The van der Waals surface area contributed by atoms with Gasteiger partial charge in [0, 0.05) is 134 Å². The third-order valence-electron chi connectivity index (χ3n) is 5.91. The third-order valence-corrected chi connectivity index (χ3v) is 12.0. The molecule has 282 valence electrons. The van der Waals surface area contributed by atoms with Crippen molar-refractivity contribution in [3.05, 3.63) is 65.2 Å². The van der Waals surface area contributed by atoms with Gasteiger partial charge in [0.1, 0.15) is 19.7 Å². The molecule has 0 aromatic heterocycles. The molecule has 8 nitrogen and oxygen atoms in total. The van der Waals surface area contributed by atoms with Crippen LogP contribution in [0.4, 0.5) is 5.69 Å². The first-order valence-corrected chi connectivity index (χ1v) is 23.7. The summed E-state index contributed by atoms with van der Waals surface area (Å²) in [5.41, 5.74) is 4.50. The van der Waals surface area contributed by atoms with Crippen LogP contribution in [0.5, 0.6) is 0 Å². The van der Waals surface area contributed by atoms with Crippen LogP contribution in [0.15, 0.2) is 57.3 Å². The summed E-state index contributed by atoms with van der Waals surface area (Å²) >= 11 is 0. The Morgan fingerprint density at radius 1 is 0.532 bits per heavy atom. The average Bonchev–Trinajstić information content (AvgIpc) is 3.03. The predicted molar refractivity (Wildman–Crippen MR) is 203 cm³/mol. The zero-order chi connectivity index (χ0) is 36.3. The molecule has 0 bridgehead atoms. The van der Waals surface area contributed by atoms with E-state index in [1.165, 1.54) is 23.6 Å². The van der Waals surface area contributed by atoms with Gasteiger partial charge in [-0.3, -0.25) is 0 Å². The zero-order valence-electron chi connectivity index (χ0n) is 31.3. The molecule has 0 saturated heterocycles. The van der Waals surface area contributed by atoms with Crippen molar-refractivity contribution in [2.24, 2.45) is 8.73 Å². The molecule has 0 spiro atoms. The SMILES string of the molecule is CC.CC.CCS(C)(=O)=O.CCS(C)(=O)=O.CCc1ccccc1CS(=O)(CC)=NC.CCc1ccccc1N=S(C)(=O)CC.[Ar].[Ar]. The van der Waals surface area contributed by atoms with Crippen molar-refractivity contribution in [3.8, 4) is 0 Å². The van der Waals surface area contributed by atoms with Gasteiger partial charge >= 0.3 is 0 Å². The number of hydrogen-bond donors (Lipinski definition) is 0. The molecule has 0 saturated carbocycles. The number of rotatable bonds is 9. The summed E-state index contributed by atoms with van der Waals surface area (Å²) < 4.78 is 72.4. The Kier molecular flexibility index (Phi) is 43.2. The average molecular weight is 793 g/mol. The van der Waals surface area contributed by atoms with Crippen LogP contribution in [-0.2, 0) is 57.7 Å². The van der Waals surface area contributed by atoms with Crippen LogP contribution < -0.4 is 0 Å². The number of sulfone groups is 2. The molecule has 47 heavy (non-hydrogen) atoms. The van der Waals surface area contributed by atoms with Crippen LogP contribution in [0.3, 0.4) is 0 Å². The van der Waals surface area contributed by atoms with E-state index in [2.05, 4.69) is 34.7 Å². The van der Waals surface area contributed by atoms with Gasteiger partial charge in [-0.2, -0.15) is 4.36 Å². The molecule has 14 heteroatoms. The van der Waals surface area contributed by atoms with Crippen molar-refractivity contribution in [3.63, 3.8) is 0 Å². The Balaban J connectivity index is -0.000000121. The Bertz CT molecular complexity index is 1480. The number of benzene rings is 2. The Hall–Kier alpha value is 0.759. The van der Waals surface area contributed by atoms with Crippen LogP contribution in [0.1, 0.15) is 85.9 Å². The standard InChI is InChI=1S/C12H19NOS.C11H17NOS.2C3H8O2S.2C2H6.2Ar/c1-4-11-8-6-7-9-12(11)10-15(14,5-2)13-3;1-4-10-8-6-7-9-11(10)12-14(3,13)5-2;2*1-3-6(2,4)5;2*1-2;;/h6-9H,4-5,10H2,1-3H3;6-9H,4-5H2,1-3H3;2*3H2,1-2H3;2*1-2H3;;. The van der Waals surface area contributed by atoms with Crippen LogP contribution in [0.25, 0.3) is 0 Å². The monoisotopic (exact) mass is 792 g/mol. The van der Waals surface area contributed by atoms with Gasteiger partial charge in [-0.25, -0.2) is 29.6 Å². The number of nitrogens with zero attached hydrogens (tertiary/aromatic N) is 2. The minimum Gasteiger partial charge on any atom is -0.250 e. The molecule has 0 amide bonds. The van der Waals surface area contributed by atoms with E-state index < -0.39 is 39.1 Å². The van der Waals surface area contributed by atoms with Crippen molar-refractivity contribution in [1.82, 2.24) is 0 Å². The van der Waals surface area contributed by atoms with Crippen LogP contribution in [0.2, 0.25) is 0 Å². The zero-order valence-corrected chi connectivity index (χ0v) is 35.9. The number of aryl methyl sites for hydroxylation is 2. The van der Waals surface area contributed by atoms with E-state index in [0.29, 0.717) is 17.3 Å². The summed E-state index contributed by atoms with van der Waals surface area (Å²) in [4.78, 5) is 0. The summed E-state index contributed by atoms with van der Waals surface area (Å²) in [5.74, 6) is 2.30. The minimum absolute atomic E-state index is 0. The van der Waals surface area contributed by atoms with Crippen LogP contribution in [-0.4, -0.2) is 74.1 Å². The van der Waals surface area contributed by atoms with E-state index in [-0.39, 0.29) is 87.0 Å². The summed E-state index contributed by atoms with van der Waals surface area (Å²) in [5, 5.41) is 0. The second-order valence-corrected chi connectivity index (χ2v) is 19.6. The van der Waals surface area contributed by atoms with E-state index >= 15 is 0 Å². The fourth-order valence-electron chi connectivity index (χ4n) is 2.75. The fraction of sp³-hybridized carbons (Fsp3) is 0.636. The molecule has 0 N–H and O–H groups in total. The largest absolute Gasteiger partial charge is 0.250 e. The maximum absolute atomic E-state index is 12.2. The maximum atomic E-state index is 12.2. The van der Waals surface area contributed by atoms with Gasteiger partial charge < -0.3 is 0 Å². The molecule has 0 fully saturated rings. The third kappa shape index (κ3) is 35.0. The van der Waals surface area contributed by atoms with Gasteiger partial charge in [-0.15, -0.1) is 0 Å². The van der Waals surface area contributed by atoms with E-state index in [0.717, 1.165) is 24.1 Å². The Morgan fingerprint density at radius 2 is 0.872 bits per heavy atom. The molecular formula is C33H64Ar2N2O6S4. The topological polar surface area (TPSA) is 127 Å². The Labute approximate surface area is 351 Å². The van der Waals surface area contributed by atoms with Gasteiger partial charge in [-0.05, 0) is 35.6 Å². The number of hydrogen-bond acceptors (Lipinski definition) is 8. The molecule has 0 aliphatic rings. The molecule has 0 heterocycles. The van der Waals surface area contributed by atoms with Crippen molar-refractivity contribution >= 4 is 44.8 Å². The summed E-state index contributed by atoms with van der Waals surface area (Å²) in [6, 6.07) is 16.1. The van der Waals surface area contributed by atoms with E-state index in [4.69, 9.17) is 0 Å². The summed E-state index contributed by atoms with van der Waals surface area (Å²) in [6.45, 7) is 19.3. The quantitative estimate of drug-likeness (QED) is 0.253. The molecule has 2 unspecified atom stereocenters. The Morgan fingerprint density at radius 3 is 1.17 bits per heavy atom. The maximum Gasteiger partial charge on any atom is 0.147 e. The molecule has 2 atom stereocenters. The molecule has 0 aliphatic heterocycles. The normalized spacial score (nSPS) is 12.3. The van der Waals surface area contributed by atoms with Gasteiger partial charge in [-0.1, -0.05) is 112 Å². The van der Waals surface area contributed by atoms with Gasteiger partial charge in [0.15, 0.2) is 0 Å². The van der Waals surface area contributed by atoms with Crippen molar-refractivity contribution in [1.29, 1.82) is 0 Å². The fourth-order valence-corrected chi connectivity index (χ4v) is 4.84. The second-order valence-electron chi connectivity index (χ2n) is 9.26. The van der Waals surface area contributed by atoms with Crippen molar-refractivity contribution < 1.29 is 101 Å². The summed E-state index contributed by atoms with van der Waals surface area (Å²) in [6.07, 6.45) is 6.05. The van der Waals surface area contributed by atoms with Crippen molar-refractivity contribution in [2.75, 3.05) is 48.8 Å². The first-order valence-electron chi connectivity index (χ1n) is 15.7. The van der Waals surface area contributed by atoms with Crippen LogP contribution in [0, 0.1) is 75.5 Å². The van der Waals surface area contributed by atoms with E-state index in [1.54, 1.807) is 27.2 Å². The molecule has 2 rings (SSSR count). The molecule has 2 aromatic carbocycles. The molecular weight excluding hydrogens is 729 g/mol. The van der Waals surface area contributed by atoms with Crippen molar-refractivity contribution in [2.45, 2.75) is 87.8 Å². The smallest absolute Gasteiger partial charge is 0.147 e. The second kappa shape index (κ2) is 33.9. The molecule has 2 aromatic rings. The molecule has 0 radical (unpaired) electrons. The van der Waals surface area contributed by atoms with Crippen LogP contribution >= 0.6 is 0 Å². The van der Waals surface area contributed by atoms with Gasteiger partial charge in [0.25, 0.3) is 0 Å². The summed E-state index contributed by atoms with van der Waals surface area (Å²) in [7, 11) is -7.73. The first-order chi connectivity index (χ1) is 20.9. The van der Waals surface area contributed by atoms with Gasteiger partial charge in [0.2, 0.25) is 0 Å². The predicted octanol–water partition coefficient (Wildman–Crippen LogP) is 8.02. The minimum atomic E-state index is -2.66.